The lowest BCUT2D eigenvalue weighted by Crippen LogP contribution is -2.29. The fourth-order valence-electron chi connectivity index (χ4n) is 4.03. The van der Waals surface area contributed by atoms with Crippen LogP contribution in [0.15, 0.2) is 34.9 Å². The van der Waals surface area contributed by atoms with Crippen molar-refractivity contribution < 1.29 is 4.79 Å². The number of Topliss-reactive ketones (excluding diaryl/α,β-unsaturated/α-hetero) is 1. The van der Waals surface area contributed by atoms with Crippen LogP contribution in [0.4, 0.5) is 0 Å². The maximum atomic E-state index is 12.1. The average molecular weight is 286 g/mol. The van der Waals surface area contributed by atoms with Gasteiger partial charge < -0.3 is 0 Å². The third-order valence-electron chi connectivity index (χ3n) is 5.72. The van der Waals surface area contributed by atoms with Crippen molar-refractivity contribution in [1.82, 2.24) is 0 Å². The molecule has 0 unspecified atom stereocenters. The number of hydrogen-bond acceptors (Lipinski definition) is 1. The summed E-state index contributed by atoms with van der Waals surface area (Å²) in [6.45, 7) is 11.3. The predicted octanol–water partition coefficient (Wildman–Crippen LogP) is 5.63. The molecule has 0 aromatic carbocycles. The Morgan fingerprint density at radius 3 is 2.52 bits per heavy atom. The van der Waals surface area contributed by atoms with Gasteiger partial charge in [-0.3, -0.25) is 4.79 Å². The molecule has 0 aromatic heterocycles. The van der Waals surface area contributed by atoms with Crippen LogP contribution in [0.25, 0.3) is 0 Å². The molecule has 0 aliphatic heterocycles. The average Bonchev–Trinajstić information content (AvgIpc) is 2.76. The van der Waals surface area contributed by atoms with Crippen LogP contribution in [-0.4, -0.2) is 5.78 Å². The molecule has 0 saturated heterocycles. The summed E-state index contributed by atoms with van der Waals surface area (Å²) in [7, 11) is 0. The van der Waals surface area contributed by atoms with E-state index in [0.717, 1.165) is 24.3 Å². The normalized spacial score (nSPS) is 36.2. The van der Waals surface area contributed by atoms with E-state index in [1.807, 2.05) is 6.92 Å². The Balaban J connectivity index is 2.34. The summed E-state index contributed by atoms with van der Waals surface area (Å²) < 4.78 is 0. The van der Waals surface area contributed by atoms with Gasteiger partial charge in [-0.15, -0.1) is 0 Å². The first-order valence-corrected chi connectivity index (χ1v) is 8.39. The molecule has 2 aliphatic rings. The van der Waals surface area contributed by atoms with Crippen LogP contribution >= 0.6 is 0 Å². The smallest absolute Gasteiger partial charge is 0.162 e. The van der Waals surface area contributed by atoms with Gasteiger partial charge in [0.1, 0.15) is 0 Å². The Kier molecular flexibility index (Phi) is 4.91. The highest BCUT2D eigenvalue weighted by Crippen LogP contribution is 2.52. The van der Waals surface area contributed by atoms with E-state index in [-0.39, 0.29) is 5.78 Å². The van der Waals surface area contributed by atoms with Crippen molar-refractivity contribution in [2.75, 3.05) is 0 Å². The second kappa shape index (κ2) is 6.34. The van der Waals surface area contributed by atoms with E-state index < -0.39 is 0 Å². The van der Waals surface area contributed by atoms with Crippen molar-refractivity contribution in [3.63, 3.8) is 0 Å². The topological polar surface area (TPSA) is 17.1 Å². The largest absolute Gasteiger partial charge is 0.294 e. The molecule has 0 heterocycles. The second-order valence-electron chi connectivity index (χ2n) is 7.50. The second-order valence-corrected chi connectivity index (χ2v) is 7.50. The summed E-state index contributed by atoms with van der Waals surface area (Å²) in [5.74, 6) is 1.73. The summed E-state index contributed by atoms with van der Waals surface area (Å²) >= 11 is 0. The van der Waals surface area contributed by atoms with Crippen molar-refractivity contribution in [3.8, 4) is 0 Å². The van der Waals surface area contributed by atoms with E-state index in [2.05, 4.69) is 45.9 Å². The van der Waals surface area contributed by atoms with Gasteiger partial charge in [-0.05, 0) is 62.4 Å². The molecule has 0 fully saturated rings. The number of ketones is 1. The van der Waals surface area contributed by atoms with Crippen molar-refractivity contribution in [3.05, 3.63) is 34.9 Å². The summed E-state index contributed by atoms with van der Waals surface area (Å²) in [6.07, 6.45) is 11.8. The van der Waals surface area contributed by atoms with Crippen LogP contribution in [0.3, 0.4) is 0 Å². The van der Waals surface area contributed by atoms with E-state index in [1.165, 1.54) is 18.4 Å². The first-order chi connectivity index (χ1) is 9.84. The van der Waals surface area contributed by atoms with Gasteiger partial charge in [0, 0.05) is 6.42 Å². The van der Waals surface area contributed by atoms with Crippen LogP contribution in [-0.2, 0) is 4.79 Å². The molecule has 0 aromatic rings. The Labute approximate surface area is 130 Å². The van der Waals surface area contributed by atoms with Crippen LogP contribution in [0.2, 0.25) is 0 Å². The van der Waals surface area contributed by atoms with E-state index in [0.29, 0.717) is 17.8 Å². The maximum absolute atomic E-state index is 12.1. The van der Waals surface area contributed by atoms with E-state index in [4.69, 9.17) is 0 Å². The maximum Gasteiger partial charge on any atom is 0.162 e. The molecular weight excluding hydrogens is 256 g/mol. The Morgan fingerprint density at radius 2 is 1.86 bits per heavy atom. The molecule has 0 saturated carbocycles. The van der Waals surface area contributed by atoms with Crippen LogP contribution < -0.4 is 0 Å². The number of carbonyl (C=O) groups is 1. The predicted molar refractivity (Wildman–Crippen MR) is 90.1 cm³/mol. The third-order valence-corrected chi connectivity index (χ3v) is 5.72. The zero-order valence-electron chi connectivity index (χ0n) is 14.3. The molecule has 0 spiro atoms. The first kappa shape index (κ1) is 16.3. The highest BCUT2D eigenvalue weighted by atomic mass is 16.1. The fourth-order valence-corrected chi connectivity index (χ4v) is 4.03. The van der Waals surface area contributed by atoms with Crippen molar-refractivity contribution in [2.24, 2.45) is 17.3 Å². The summed E-state index contributed by atoms with van der Waals surface area (Å²) in [5.41, 5.74) is 4.15. The first-order valence-electron chi connectivity index (χ1n) is 8.39. The summed E-state index contributed by atoms with van der Waals surface area (Å²) in [6, 6.07) is 0. The molecule has 1 nitrogen and oxygen atoms in total. The van der Waals surface area contributed by atoms with Crippen LogP contribution in [0, 0.1) is 17.3 Å². The number of rotatable bonds is 1. The zero-order valence-corrected chi connectivity index (χ0v) is 14.3. The quantitative estimate of drug-likeness (QED) is 0.571. The molecule has 0 N–H and O–H groups in total. The molecule has 0 radical (unpaired) electrons. The Bertz CT molecular complexity index is 504. The molecule has 0 amide bonds. The molecule has 21 heavy (non-hydrogen) atoms. The van der Waals surface area contributed by atoms with Crippen LogP contribution in [0.1, 0.15) is 66.7 Å². The molecular formula is C20H30O. The monoisotopic (exact) mass is 286 g/mol. The highest BCUT2D eigenvalue weighted by Gasteiger charge is 2.41. The minimum absolute atomic E-state index is 0.275. The standard InChI is InChI=1S/C20H30O/c1-14(2)18-10-9-17-8-7-16(4)19(21)11-6-15(3)12-13-20(17,18)5/h6-7,9,14,18H,8,10-13H2,1-5H3/b15-6+,16-7+/t18-,20+/m0/s1. The van der Waals surface area contributed by atoms with E-state index in [1.54, 1.807) is 5.57 Å². The Morgan fingerprint density at radius 1 is 1.14 bits per heavy atom. The van der Waals surface area contributed by atoms with Gasteiger partial charge in [-0.2, -0.15) is 0 Å². The van der Waals surface area contributed by atoms with Gasteiger partial charge >= 0.3 is 0 Å². The van der Waals surface area contributed by atoms with Crippen molar-refractivity contribution >= 4 is 5.78 Å². The molecule has 116 valence electrons. The van der Waals surface area contributed by atoms with Gasteiger partial charge in [0.2, 0.25) is 0 Å². The summed E-state index contributed by atoms with van der Waals surface area (Å²) in [5, 5.41) is 0. The lowest BCUT2D eigenvalue weighted by Gasteiger charge is -2.38. The SMILES string of the molecule is C/C1=C\CC(=O)/C(C)=C/CC2=CC[C@@H](C(C)C)[C@]2(C)CC1. The van der Waals surface area contributed by atoms with E-state index in [9.17, 15) is 4.79 Å². The number of fused-ring (bicyclic) bond motifs is 1. The van der Waals surface area contributed by atoms with Gasteiger partial charge in [-0.1, -0.05) is 50.1 Å². The lowest BCUT2D eigenvalue weighted by molar-refractivity contribution is -0.114. The van der Waals surface area contributed by atoms with Crippen molar-refractivity contribution in [2.45, 2.75) is 66.7 Å². The molecule has 2 atom stereocenters. The highest BCUT2D eigenvalue weighted by molar-refractivity contribution is 5.95. The number of hydrogen-bond donors (Lipinski definition) is 0. The number of allylic oxidation sites excluding steroid dienone is 6. The third kappa shape index (κ3) is 3.39. The van der Waals surface area contributed by atoms with Gasteiger partial charge in [0.25, 0.3) is 0 Å². The molecule has 0 bridgehead atoms. The van der Waals surface area contributed by atoms with Crippen molar-refractivity contribution in [1.29, 1.82) is 0 Å². The fraction of sp³-hybridized carbons (Fsp3) is 0.650. The molecule has 2 aliphatic carbocycles. The number of carbonyl (C=O) groups excluding carboxylic acids is 1. The lowest BCUT2D eigenvalue weighted by atomic mass is 9.67. The Hall–Kier alpha value is -1.11. The van der Waals surface area contributed by atoms with Gasteiger partial charge in [0.15, 0.2) is 5.78 Å². The molecule has 2 rings (SSSR count). The zero-order chi connectivity index (χ0) is 15.6. The van der Waals surface area contributed by atoms with Gasteiger partial charge in [0.05, 0.1) is 0 Å². The van der Waals surface area contributed by atoms with Gasteiger partial charge in [-0.25, -0.2) is 0 Å². The molecule has 1 heteroatoms. The van der Waals surface area contributed by atoms with Crippen LogP contribution in [0.5, 0.6) is 0 Å². The summed E-state index contributed by atoms with van der Waals surface area (Å²) in [4.78, 5) is 12.1. The minimum atomic E-state index is 0.275. The minimum Gasteiger partial charge on any atom is -0.294 e. The van der Waals surface area contributed by atoms with E-state index >= 15 is 0 Å².